The van der Waals surface area contributed by atoms with Gasteiger partial charge in [0.1, 0.15) is 0 Å². The fraction of sp³-hybridized carbons (Fsp3) is 0.400. The molecule has 0 aliphatic heterocycles. The first kappa shape index (κ1) is 13.8. The van der Waals surface area contributed by atoms with Crippen LogP contribution >= 0.6 is 27.3 Å². The van der Waals surface area contributed by atoms with Crippen LogP contribution < -0.4 is 0 Å². The highest BCUT2D eigenvalue weighted by Gasteiger charge is 2.05. The average Bonchev–Trinajstić information content (AvgIpc) is 2.88. The molecule has 0 spiro atoms. The van der Waals surface area contributed by atoms with Crippen LogP contribution in [0.5, 0.6) is 0 Å². The summed E-state index contributed by atoms with van der Waals surface area (Å²) in [5, 5.41) is 3.42. The zero-order valence-electron chi connectivity index (χ0n) is 10.6. The fourth-order valence-electron chi connectivity index (χ4n) is 1.85. The van der Waals surface area contributed by atoms with E-state index < -0.39 is 0 Å². The number of hydrogen-bond acceptors (Lipinski definition) is 2. The number of aryl methyl sites for hydroxylation is 1. The minimum atomic E-state index is 0.658. The van der Waals surface area contributed by atoms with E-state index in [1.165, 1.54) is 29.8 Å². The highest BCUT2D eigenvalue weighted by Crippen LogP contribution is 2.23. The Balaban J connectivity index is 1.91. The van der Waals surface area contributed by atoms with Crippen LogP contribution in [0.1, 0.15) is 31.2 Å². The summed E-state index contributed by atoms with van der Waals surface area (Å²) in [6.07, 6.45) is 4.75. The largest absolute Gasteiger partial charge is 0.241 e. The second-order valence-corrected chi connectivity index (χ2v) is 6.63. The van der Waals surface area contributed by atoms with Crippen molar-refractivity contribution in [2.75, 3.05) is 0 Å². The fourth-order valence-corrected chi connectivity index (χ4v) is 3.02. The molecule has 0 saturated heterocycles. The molecular weight excluding hydrogens is 306 g/mol. The highest BCUT2D eigenvalue weighted by molar-refractivity contribution is 9.09. The summed E-state index contributed by atoms with van der Waals surface area (Å²) >= 11 is 5.45. The summed E-state index contributed by atoms with van der Waals surface area (Å²) in [5.74, 6) is 0. The average molecular weight is 324 g/mol. The van der Waals surface area contributed by atoms with Gasteiger partial charge in [-0.1, -0.05) is 53.2 Å². The molecule has 0 amide bonds. The van der Waals surface area contributed by atoms with Gasteiger partial charge < -0.3 is 0 Å². The normalized spacial score (nSPS) is 12.6. The first-order valence-corrected chi connectivity index (χ1v) is 8.23. The Morgan fingerprint density at radius 1 is 1.28 bits per heavy atom. The summed E-state index contributed by atoms with van der Waals surface area (Å²) in [7, 11) is 0. The van der Waals surface area contributed by atoms with Crippen molar-refractivity contribution in [3.8, 4) is 11.3 Å². The number of alkyl halides is 1. The van der Waals surface area contributed by atoms with Crippen molar-refractivity contribution >= 4 is 27.3 Å². The number of benzene rings is 1. The second-order valence-electron chi connectivity index (χ2n) is 4.39. The lowest BCUT2D eigenvalue weighted by molar-refractivity contribution is 0.688. The van der Waals surface area contributed by atoms with Gasteiger partial charge in [-0.15, -0.1) is 11.3 Å². The van der Waals surface area contributed by atoms with Crippen molar-refractivity contribution in [2.24, 2.45) is 0 Å². The summed E-state index contributed by atoms with van der Waals surface area (Å²) in [5.41, 5.74) is 2.33. The first-order valence-electron chi connectivity index (χ1n) is 6.43. The molecule has 96 valence electrons. The first-order chi connectivity index (χ1) is 8.79. The van der Waals surface area contributed by atoms with Crippen molar-refractivity contribution in [2.45, 2.75) is 37.4 Å². The van der Waals surface area contributed by atoms with Crippen LogP contribution in [-0.4, -0.2) is 9.81 Å². The van der Waals surface area contributed by atoms with Gasteiger partial charge in [0.05, 0.1) is 10.7 Å². The molecular formula is C15H18BrNS. The lowest BCUT2D eigenvalue weighted by atomic mass is 10.1. The van der Waals surface area contributed by atoms with E-state index >= 15 is 0 Å². The Labute approximate surface area is 121 Å². The van der Waals surface area contributed by atoms with E-state index in [9.17, 15) is 0 Å². The predicted molar refractivity (Wildman–Crippen MR) is 83.5 cm³/mol. The highest BCUT2D eigenvalue weighted by atomic mass is 79.9. The monoisotopic (exact) mass is 323 g/mol. The third kappa shape index (κ3) is 3.92. The van der Waals surface area contributed by atoms with Gasteiger partial charge in [0, 0.05) is 15.8 Å². The van der Waals surface area contributed by atoms with Crippen molar-refractivity contribution in [3.05, 3.63) is 40.7 Å². The summed E-state index contributed by atoms with van der Waals surface area (Å²) in [4.78, 5) is 5.36. The maximum absolute atomic E-state index is 4.71. The minimum Gasteiger partial charge on any atom is -0.241 e. The lowest BCUT2D eigenvalue weighted by Gasteiger charge is -2.04. The van der Waals surface area contributed by atoms with E-state index in [1.54, 1.807) is 11.3 Å². The Morgan fingerprint density at radius 2 is 2.06 bits per heavy atom. The van der Waals surface area contributed by atoms with Crippen LogP contribution in [-0.2, 0) is 6.42 Å². The van der Waals surface area contributed by atoms with Crippen molar-refractivity contribution < 1.29 is 0 Å². The molecule has 0 radical (unpaired) electrons. The number of rotatable bonds is 6. The van der Waals surface area contributed by atoms with Crippen molar-refractivity contribution in [1.29, 1.82) is 0 Å². The third-order valence-corrected chi connectivity index (χ3v) is 4.99. The molecule has 1 atom stereocenters. The summed E-state index contributed by atoms with van der Waals surface area (Å²) in [6, 6.07) is 10.4. The van der Waals surface area contributed by atoms with Gasteiger partial charge in [0.25, 0.3) is 0 Å². The lowest BCUT2D eigenvalue weighted by Crippen LogP contribution is -1.96. The van der Waals surface area contributed by atoms with E-state index in [1.807, 2.05) is 6.07 Å². The Morgan fingerprint density at radius 3 is 2.78 bits per heavy atom. The van der Waals surface area contributed by atoms with Crippen LogP contribution in [0.15, 0.2) is 35.7 Å². The van der Waals surface area contributed by atoms with E-state index in [0.717, 1.165) is 12.1 Å². The van der Waals surface area contributed by atoms with E-state index in [-0.39, 0.29) is 0 Å². The Hall–Kier alpha value is -0.670. The SMILES string of the molecule is CCC(Br)CCCc1nc(-c2ccccc2)cs1. The van der Waals surface area contributed by atoms with E-state index in [0.29, 0.717) is 4.83 Å². The van der Waals surface area contributed by atoms with Crippen molar-refractivity contribution in [1.82, 2.24) is 4.98 Å². The van der Waals surface area contributed by atoms with Gasteiger partial charge in [0.15, 0.2) is 0 Å². The van der Waals surface area contributed by atoms with Crippen LogP contribution in [0, 0.1) is 0 Å². The zero-order chi connectivity index (χ0) is 12.8. The van der Waals surface area contributed by atoms with Crippen molar-refractivity contribution in [3.63, 3.8) is 0 Å². The van der Waals surface area contributed by atoms with Gasteiger partial charge in [-0.3, -0.25) is 0 Å². The zero-order valence-corrected chi connectivity index (χ0v) is 13.0. The number of hydrogen-bond donors (Lipinski definition) is 0. The van der Waals surface area contributed by atoms with Gasteiger partial charge in [-0.25, -0.2) is 4.98 Å². The number of aromatic nitrogens is 1. The molecule has 18 heavy (non-hydrogen) atoms. The van der Waals surface area contributed by atoms with Crippen LogP contribution in [0.2, 0.25) is 0 Å². The number of thiazole rings is 1. The maximum atomic E-state index is 4.71. The smallest absolute Gasteiger partial charge is 0.0932 e. The molecule has 0 saturated carbocycles. The molecule has 0 fully saturated rings. The molecule has 0 N–H and O–H groups in total. The maximum Gasteiger partial charge on any atom is 0.0932 e. The molecule has 1 nitrogen and oxygen atoms in total. The van der Waals surface area contributed by atoms with Gasteiger partial charge >= 0.3 is 0 Å². The third-order valence-electron chi connectivity index (χ3n) is 2.97. The molecule has 0 aliphatic carbocycles. The second kappa shape index (κ2) is 7.05. The minimum absolute atomic E-state index is 0.658. The van der Waals surface area contributed by atoms with Gasteiger partial charge in [0.2, 0.25) is 0 Å². The Bertz CT molecular complexity index is 466. The number of halogens is 1. The van der Waals surface area contributed by atoms with Crippen LogP contribution in [0.3, 0.4) is 0 Å². The van der Waals surface area contributed by atoms with E-state index in [2.05, 4.69) is 52.5 Å². The molecule has 2 rings (SSSR count). The topological polar surface area (TPSA) is 12.9 Å². The van der Waals surface area contributed by atoms with Crippen LogP contribution in [0.4, 0.5) is 0 Å². The number of nitrogens with zero attached hydrogens (tertiary/aromatic N) is 1. The predicted octanol–water partition coefficient (Wildman–Crippen LogP) is 5.31. The van der Waals surface area contributed by atoms with E-state index in [4.69, 9.17) is 4.98 Å². The molecule has 0 aliphatic rings. The van der Waals surface area contributed by atoms with Crippen LogP contribution in [0.25, 0.3) is 11.3 Å². The standard InChI is InChI=1S/C15H18BrNS/c1-2-13(16)9-6-10-15-17-14(11-18-15)12-7-4-3-5-8-12/h3-5,7-8,11,13H,2,6,9-10H2,1H3. The molecule has 1 aromatic heterocycles. The molecule has 1 heterocycles. The molecule has 1 aromatic carbocycles. The quantitative estimate of drug-likeness (QED) is 0.657. The Kier molecular flexibility index (Phi) is 5.39. The van der Waals surface area contributed by atoms with Gasteiger partial charge in [-0.2, -0.15) is 0 Å². The summed E-state index contributed by atoms with van der Waals surface area (Å²) in [6.45, 7) is 2.22. The molecule has 2 aromatic rings. The molecule has 3 heteroatoms. The summed E-state index contributed by atoms with van der Waals surface area (Å²) < 4.78 is 0. The molecule has 1 unspecified atom stereocenters. The molecule has 0 bridgehead atoms. The van der Waals surface area contributed by atoms with Gasteiger partial charge in [-0.05, 0) is 25.7 Å².